The Kier molecular flexibility index (Phi) is 5.91. The fraction of sp³-hybridized carbons (Fsp3) is 0.0204. The predicted octanol–water partition coefficient (Wildman–Crippen LogP) is 13.1. The minimum atomic E-state index is -0.626. The molecule has 2 nitrogen and oxygen atoms in total. The quantitative estimate of drug-likeness (QED) is 0.189. The van der Waals surface area contributed by atoms with Crippen molar-refractivity contribution in [3.05, 3.63) is 210 Å². The van der Waals surface area contributed by atoms with Gasteiger partial charge in [0.2, 0.25) is 0 Å². The van der Waals surface area contributed by atoms with Crippen molar-refractivity contribution in [3.63, 3.8) is 0 Å². The van der Waals surface area contributed by atoms with Gasteiger partial charge in [-0.15, -0.1) is 0 Å². The van der Waals surface area contributed by atoms with Crippen LogP contribution in [-0.4, -0.2) is 0 Å². The maximum atomic E-state index is 6.82. The number of anilines is 3. The van der Waals surface area contributed by atoms with E-state index < -0.39 is 5.41 Å². The number of hydrogen-bond acceptors (Lipinski definition) is 2. The Hall–Kier alpha value is -6.64. The van der Waals surface area contributed by atoms with Crippen molar-refractivity contribution >= 4 is 39.0 Å². The molecule has 0 bridgehead atoms. The van der Waals surface area contributed by atoms with Crippen molar-refractivity contribution in [1.29, 1.82) is 0 Å². The van der Waals surface area contributed by atoms with Gasteiger partial charge in [0, 0.05) is 33.4 Å². The lowest BCUT2D eigenvalue weighted by Crippen LogP contribution is -2.29. The molecule has 2 aliphatic rings. The molecular weight excluding hydrogens is 619 g/mol. The number of rotatable bonds is 3. The Morgan fingerprint density at radius 2 is 0.902 bits per heavy atom. The second-order valence-electron chi connectivity index (χ2n) is 13.6. The maximum absolute atomic E-state index is 6.82. The number of nitrogens with zero attached hydrogens (tertiary/aromatic N) is 1. The molecule has 11 rings (SSSR count). The average Bonchev–Trinajstić information content (AvgIpc) is 3.70. The van der Waals surface area contributed by atoms with Crippen LogP contribution in [0.2, 0.25) is 0 Å². The van der Waals surface area contributed by atoms with Gasteiger partial charge in [0.25, 0.3) is 0 Å². The molecule has 0 amide bonds. The standard InChI is InChI=1S/C49H31NO/c1-3-15-32(16-4-1)50(33-17-5-2-6-18-33)34-27-28-38-36-20-8-7-19-35(36)37-21-9-12-24-42(37)49(45(38)31-34)43-25-13-10-23-41(43)47-44(49)30-29-40-39-22-11-14-26-46(39)51-48(40)47/h1-31H. The van der Waals surface area contributed by atoms with Gasteiger partial charge in [-0.2, -0.15) is 0 Å². The van der Waals surface area contributed by atoms with Crippen LogP contribution < -0.4 is 4.90 Å². The summed E-state index contributed by atoms with van der Waals surface area (Å²) >= 11 is 0. The van der Waals surface area contributed by atoms with Gasteiger partial charge in [0.05, 0.1) is 5.41 Å². The van der Waals surface area contributed by atoms with E-state index in [0.29, 0.717) is 0 Å². The zero-order chi connectivity index (χ0) is 33.5. The third kappa shape index (κ3) is 3.82. The molecule has 9 aromatic rings. The van der Waals surface area contributed by atoms with Gasteiger partial charge in [-0.05, 0) is 92.5 Å². The van der Waals surface area contributed by atoms with Crippen LogP contribution in [0.4, 0.5) is 17.1 Å². The minimum absolute atomic E-state index is 0.626. The fourth-order valence-electron chi connectivity index (χ4n) is 9.08. The summed E-state index contributed by atoms with van der Waals surface area (Å²) in [5, 5.41) is 2.29. The van der Waals surface area contributed by atoms with E-state index in [2.05, 4.69) is 193 Å². The molecule has 0 saturated heterocycles. The third-order valence-electron chi connectivity index (χ3n) is 11.1. The Labute approximate surface area is 296 Å². The lowest BCUT2D eigenvalue weighted by Gasteiger charge is -2.36. The molecule has 0 fully saturated rings. The van der Waals surface area contributed by atoms with Crippen molar-refractivity contribution in [2.75, 3.05) is 4.90 Å². The van der Waals surface area contributed by atoms with Crippen LogP contribution in [0.25, 0.3) is 55.3 Å². The highest BCUT2D eigenvalue weighted by Gasteiger charge is 2.51. The lowest BCUT2D eigenvalue weighted by atomic mass is 9.65. The summed E-state index contributed by atoms with van der Waals surface area (Å²) in [6.45, 7) is 0. The topological polar surface area (TPSA) is 16.4 Å². The van der Waals surface area contributed by atoms with E-state index in [1.807, 2.05) is 0 Å². The Balaban J connectivity index is 1.32. The molecule has 0 N–H and O–H groups in total. The Bertz CT molecular complexity index is 2770. The van der Waals surface area contributed by atoms with Gasteiger partial charge in [-0.3, -0.25) is 0 Å². The zero-order valence-corrected chi connectivity index (χ0v) is 27.8. The van der Waals surface area contributed by atoms with Crippen LogP contribution in [0.5, 0.6) is 0 Å². The monoisotopic (exact) mass is 649 g/mol. The van der Waals surface area contributed by atoms with Crippen molar-refractivity contribution in [2.45, 2.75) is 5.41 Å². The van der Waals surface area contributed by atoms with Crippen LogP contribution in [0, 0.1) is 0 Å². The third-order valence-corrected chi connectivity index (χ3v) is 11.1. The number of para-hydroxylation sites is 3. The van der Waals surface area contributed by atoms with E-state index in [1.165, 1.54) is 55.6 Å². The van der Waals surface area contributed by atoms with Gasteiger partial charge in [-0.1, -0.05) is 146 Å². The second-order valence-corrected chi connectivity index (χ2v) is 13.6. The van der Waals surface area contributed by atoms with Crippen LogP contribution in [-0.2, 0) is 5.41 Å². The molecule has 8 aromatic carbocycles. The van der Waals surface area contributed by atoms with E-state index in [1.54, 1.807) is 0 Å². The first-order chi connectivity index (χ1) is 25.3. The molecule has 1 atom stereocenters. The van der Waals surface area contributed by atoms with Crippen LogP contribution in [0.3, 0.4) is 0 Å². The molecular formula is C49H31NO. The highest BCUT2D eigenvalue weighted by molar-refractivity contribution is 6.13. The number of furan rings is 1. The van der Waals surface area contributed by atoms with Crippen LogP contribution in [0.15, 0.2) is 192 Å². The number of hydrogen-bond donors (Lipinski definition) is 0. The highest BCUT2D eigenvalue weighted by atomic mass is 16.3. The Morgan fingerprint density at radius 3 is 1.61 bits per heavy atom. The SMILES string of the molecule is c1ccc(N(c2ccccc2)c2ccc3c(c2)C2(c4ccccc4-c4ccccc4-3)c3ccccc3-c3c2ccc2c3oc3ccccc32)cc1. The first-order valence-corrected chi connectivity index (χ1v) is 17.6. The van der Waals surface area contributed by atoms with Crippen molar-refractivity contribution in [3.8, 4) is 33.4 Å². The zero-order valence-electron chi connectivity index (χ0n) is 27.8. The smallest absolute Gasteiger partial charge is 0.143 e. The molecule has 2 aliphatic carbocycles. The predicted molar refractivity (Wildman–Crippen MR) is 210 cm³/mol. The summed E-state index contributed by atoms with van der Waals surface area (Å²) in [4.78, 5) is 2.38. The van der Waals surface area contributed by atoms with Crippen LogP contribution >= 0.6 is 0 Å². The molecule has 1 spiro atoms. The second kappa shape index (κ2) is 10.7. The van der Waals surface area contributed by atoms with Gasteiger partial charge in [0.1, 0.15) is 11.2 Å². The molecule has 0 saturated carbocycles. The van der Waals surface area contributed by atoms with Crippen molar-refractivity contribution in [2.24, 2.45) is 0 Å². The molecule has 51 heavy (non-hydrogen) atoms. The van der Waals surface area contributed by atoms with Crippen molar-refractivity contribution in [1.82, 2.24) is 0 Å². The fourth-order valence-corrected chi connectivity index (χ4v) is 9.08. The largest absolute Gasteiger partial charge is 0.455 e. The summed E-state index contributed by atoms with van der Waals surface area (Å²) in [6.07, 6.45) is 0. The van der Waals surface area contributed by atoms with Gasteiger partial charge >= 0.3 is 0 Å². The average molecular weight is 650 g/mol. The highest BCUT2D eigenvalue weighted by Crippen LogP contribution is 2.63. The van der Waals surface area contributed by atoms with Gasteiger partial charge < -0.3 is 9.32 Å². The molecule has 1 unspecified atom stereocenters. The molecule has 238 valence electrons. The summed E-state index contributed by atoms with van der Waals surface area (Å²) in [5.41, 5.74) is 17.0. The molecule has 0 aliphatic heterocycles. The van der Waals surface area contributed by atoms with Gasteiger partial charge in [-0.25, -0.2) is 0 Å². The summed E-state index contributed by atoms with van der Waals surface area (Å²) in [7, 11) is 0. The summed E-state index contributed by atoms with van der Waals surface area (Å²) in [6, 6.07) is 68.6. The number of benzene rings is 8. The lowest BCUT2D eigenvalue weighted by molar-refractivity contribution is 0.669. The molecule has 1 heterocycles. The van der Waals surface area contributed by atoms with E-state index in [9.17, 15) is 0 Å². The molecule has 0 radical (unpaired) electrons. The van der Waals surface area contributed by atoms with E-state index in [0.717, 1.165) is 39.0 Å². The van der Waals surface area contributed by atoms with E-state index >= 15 is 0 Å². The normalized spacial score (nSPS) is 15.1. The van der Waals surface area contributed by atoms with Gasteiger partial charge in [0.15, 0.2) is 0 Å². The maximum Gasteiger partial charge on any atom is 0.143 e. The Morgan fingerprint density at radius 1 is 0.353 bits per heavy atom. The summed E-state index contributed by atoms with van der Waals surface area (Å²) < 4.78 is 6.82. The molecule has 2 heteroatoms. The molecule has 1 aromatic heterocycles. The van der Waals surface area contributed by atoms with Crippen molar-refractivity contribution < 1.29 is 4.42 Å². The van der Waals surface area contributed by atoms with E-state index in [-0.39, 0.29) is 0 Å². The first kappa shape index (κ1) is 28.2. The van der Waals surface area contributed by atoms with E-state index in [4.69, 9.17) is 4.42 Å². The number of fused-ring (bicyclic) bond motifs is 16. The first-order valence-electron chi connectivity index (χ1n) is 17.6. The minimum Gasteiger partial charge on any atom is -0.455 e. The van der Waals surface area contributed by atoms with Crippen LogP contribution in [0.1, 0.15) is 22.3 Å². The summed E-state index contributed by atoms with van der Waals surface area (Å²) in [5.74, 6) is 0.